The molecule has 0 spiro atoms. The van der Waals surface area contributed by atoms with Gasteiger partial charge in [0.25, 0.3) is 0 Å². The zero-order valence-corrected chi connectivity index (χ0v) is 33.8. The first-order valence-electron chi connectivity index (χ1n) is 20.7. The molecule has 4 heteroatoms. The topological polar surface area (TPSA) is 49.6 Å². The highest BCUT2D eigenvalue weighted by Crippen LogP contribution is 2.50. The number of pyridine rings is 1. The van der Waals surface area contributed by atoms with Gasteiger partial charge in [-0.25, -0.2) is 15.0 Å². The lowest BCUT2D eigenvalue weighted by Crippen LogP contribution is -2.46. The molecule has 0 radical (unpaired) electrons. The fourth-order valence-corrected chi connectivity index (χ4v) is 9.25. The van der Waals surface area contributed by atoms with Crippen LogP contribution in [0.5, 0.6) is 0 Å². The Balaban J connectivity index is 1.08. The zero-order valence-electron chi connectivity index (χ0n) is 33.8. The Kier molecular flexibility index (Phi) is 8.25. The highest BCUT2D eigenvalue weighted by molar-refractivity contribution is 6.14. The second-order valence-electron chi connectivity index (χ2n) is 16.7. The maximum atomic E-state index is 5.47. The van der Waals surface area contributed by atoms with E-state index in [1.807, 2.05) is 12.1 Å². The molecule has 286 valence electrons. The Hall–Kier alpha value is -7.43. The number of hydrogen-bond acceptors (Lipinski definition) is 4. The van der Waals surface area contributed by atoms with Gasteiger partial charge < -0.3 is 5.32 Å². The van der Waals surface area contributed by atoms with Crippen molar-refractivity contribution in [3.8, 4) is 44.6 Å². The van der Waals surface area contributed by atoms with Gasteiger partial charge in [0.15, 0.2) is 11.5 Å². The van der Waals surface area contributed by atoms with Crippen LogP contribution >= 0.6 is 0 Å². The quantitative estimate of drug-likeness (QED) is 0.183. The molecule has 1 aliphatic carbocycles. The highest BCUT2D eigenvalue weighted by atomic mass is 15.2. The Bertz CT molecular complexity index is 3220. The fourth-order valence-electron chi connectivity index (χ4n) is 9.25. The predicted octanol–water partition coefficient (Wildman–Crippen LogP) is 13.4. The van der Waals surface area contributed by atoms with Gasteiger partial charge in [0.05, 0.1) is 11.2 Å². The molecule has 0 saturated carbocycles. The molecule has 11 rings (SSSR count). The third-order valence-electron chi connectivity index (χ3n) is 12.5. The molecule has 1 atom stereocenters. The maximum absolute atomic E-state index is 5.47. The number of nitrogens with zero attached hydrogens (tertiary/aromatic N) is 3. The van der Waals surface area contributed by atoms with Crippen molar-refractivity contribution in [1.29, 1.82) is 0 Å². The summed E-state index contributed by atoms with van der Waals surface area (Å²) in [4.78, 5) is 16.1. The minimum Gasteiger partial charge on any atom is -0.342 e. The number of aromatic nitrogens is 1. The van der Waals surface area contributed by atoms with E-state index < -0.39 is 5.66 Å². The second-order valence-corrected chi connectivity index (χ2v) is 16.7. The minimum atomic E-state index is -0.763. The molecule has 2 heterocycles. The molecule has 2 aliphatic rings. The summed E-state index contributed by atoms with van der Waals surface area (Å²) < 4.78 is 0. The standard InChI is InChI=1S/C56H42N4/c1-55(2)49-27-13-12-26-45(49)47-35-52-48(33-50(47)55)46(40-29-28-37-18-10-11-19-38(37)30-40)34-51(57-52)41-21-15-23-43(32-41)54-58-53(59-56(3,60-54)44-24-8-5-9-25-44)42-22-14-20-39(31-42)36-16-6-4-7-17-36/h4-35H,1-3H3,(H,58,59,60). The number of rotatable bonds is 6. The van der Waals surface area contributed by atoms with Gasteiger partial charge in [-0.3, -0.25) is 0 Å². The molecule has 9 aromatic rings. The summed E-state index contributed by atoms with van der Waals surface area (Å²) in [6, 6.07) is 69.2. The van der Waals surface area contributed by atoms with Crippen LogP contribution in [0.15, 0.2) is 204 Å². The smallest absolute Gasteiger partial charge is 0.159 e. The zero-order chi connectivity index (χ0) is 40.4. The lowest BCUT2D eigenvalue weighted by molar-refractivity contribution is 0.455. The molecule has 0 bridgehead atoms. The van der Waals surface area contributed by atoms with Crippen LogP contribution in [-0.2, 0) is 11.1 Å². The van der Waals surface area contributed by atoms with Crippen LogP contribution in [0.1, 0.15) is 48.6 Å². The van der Waals surface area contributed by atoms with Crippen LogP contribution in [-0.4, -0.2) is 16.7 Å². The maximum Gasteiger partial charge on any atom is 0.159 e. The van der Waals surface area contributed by atoms with E-state index in [0.29, 0.717) is 5.84 Å². The van der Waals surface area contributed by atoms with Crippen molar-refractivity contribution < 1.29 is 0 Å². The van der Waals surface area contributed by atoms with Gasteiger partial charge in [0.2, 0.25) is 0 Å². The minimum absolute atomic E-state index is 0.125. The molecular formula is C56H42N4. The summed E-state index contributed by atoms with van der Waals surface area (Å²) in [6.07, 6.45) is 0. The molecule has 0 fully saturated rings. The summed E-state index contributed by atoms with van der Waals surface area (Å²) >= 11 is 0. The summed E-state index contributed by atoms with van der Waals surface area (Å²) in [7, 11) is 0. The number of benzene rings is 8. The Morgan fingerprint density at radius 1 is 0.433 bits per heavy atom. The predicted molar refractivity (Wildman–Crippen MR) is 250 cm³/mol. The third-order valence-corrected chi connectivity index (χ3v) is 12.5. The van der Waals surface area contributed by atoms with Crippen molar-refractivity contribution in [3.63, 3.8) is 0 Å². The van der Waals surface area contributed by atoms with E-state index in [1.54, 1.807) is 0 Å². The van der Waals surface area contributed by atoms with Crippen LogP contribution < -0.4 is 5.32 Å². The molecule has 4 nitrogen and oxygen atoms in total. The highest BCUT2D eigenvalue weighted by Gasteiger charge is 2.36. The third kappa shape index (κ3) is 6.03. The van der Waals surface area contributed by atoms with E-state index in [4.69, 9.17) is 15.0 Å². The van der Waals surface area contributed by atoms with Crippen LogP contribution in [0.2, 0.25) is 0 Å². The fraction of sp³-hybridized carbons (Fsp3) is 0.0893. The van der Waals surface area contributed by atoms with Gasteiger partial charge in [-0.15, -0.1) is 0 Å². The van der Waals surface area contributed by atoms with Crippen molar-refractivity contribution in [1.82, 2.24) is 10.3 Å². The van der Waals surface area contributed by atoms with Gasteiger partial charge in [-0.2, -0.15) is 0 Å². The van der Waals surface area contributed by atoms with Crippen LogP contribution in [0.25, 0.3) is 66.3 Å². The summed E-state index contributed by atoms with van der Waals surface area (Å²) in [5.41, 5.74) is 14.8. The van der Waals surface area contributed by atoms with Crippen LogP contribution in [0, 0.1) is 0 Å². The van der Waals surface area contributed by atoms with Crippen molar-refractivity contribution in [2.24, 2.45) is 9.98 Å². The van der Waals surface area contributed by atoms with Crippen molar-refractivity contribution in [2.45, 2.75) is 31.8 Å². The molecule has 1 aromatic heterocycles. The first-order chi connectivity index (χ1) is 29.3. The van der Waals surface area contributed by atoms with E-state index in [-0.39, 0.29) is 5.41 Å². The van der Waals surface area contributed by atoms with Crippen molar-refractivity contribution in [2.75, 3.05) is 0 Å². The lowest BCUT2D eigenvalue weighted by atomic mass is 9.81. The molecule has 1 aliphatic heterocycles. The first kappa shape index (κ1) is 35.7. The van der Waals surface area contributed by atoms with Crippen LogP contribution in [0.3, 0.4) is 0 Å². The molecule has 8 aromatic carbocycles. The van der Waals surface area contributed by atoms with Gasteiger partial charge in [0, 0.05) is 27.5 Å². The van der Waals surface area contributed by atoms with Gasteiger partial charge >= 0.3 is 0 Å². The first-order valence-corrected chi connectivity index (χ1v) is 20.7. The summed E-state index contributed by atoms with van der Waals surface area (Å²) in [5, 5.41) is 7.32. The monoisotopic (exact) mass is 770 g/mol. The van der Waals surface area contributed by atoms with E-state index in [2.05, 4.69) is 208 Å². The number of fused-ring (bicyclic) bond motifs is 5. The van der Waals surface area contributed by atoms with E-state index in [0.717, 1.165) is 61.4 Å². The Labute approximate surface area is 350 Å². The van der Waals surface area contributed by atoms with E-state index in [9.17, 15) is 0 Å². The van der Waals surface area contributed by atoms with Gasteiger partial charge in [0.1, 0.15) is 5.84 Å². The second kappa shape index (κ2) is 13.9. The average Bonchev–Trinajstić information content (AvgIpc) is 3.53. The molecule has 1 N–H and O–H groups in total. The normalized spacial score (nSPS) is 16.4. The average molecular weight is 771 g/mol. The summed E-state index contributed by atoms with van der Waals surface area (Å²) in [5.74, 6) is 1.43. The van der Waals surface area contributed by atoms with Crippen molar-refractivity contribution >= 4 is 33.3 Å². The van der Waals surface area contributed by atoms with Gasteiger partial charge in [-0.05, 0) is 104 Å². The summed E-state index contributed by atoms with van der Waals surface area (Å²) in [6.45, 7) is 6.81. The molecule has 1 unspecified atom stereocenters. The molecule has 60 heavy (non-hydrogen) atoms. The molecule has 0 amide bonds. The van der Waals surface area contributed by atoms with Crippen molar-refractivity contribution in [3.05, 3.63) is 222 Å². The van der Waals surface area contributed by atoms with E-state index >= 15 is 0 Å². The largest absolute Gasteiger partial charge is 0.342 e. The Morgan fingerprint density at radius 2 is 1.10 bits per heavy atom. The number of nitrogens with one attached hydrogen (secondary N) is 1. The van der Waals surface area contributed by atoms with Crippen LogP contribution in [0.4, 0.5) is 0 Å². The molecule has 0 saturated heterocycles. The number of amidine groups is 2. The Morgan fingerprint density at radius 3 is 1.93 bits per heavy atom. The van der Waals surface area contributed by atoms with Gasteiger partial charge in [-0.1, -0.05) is 172 Å². The number of hydrogen-bond donors (Lipinski definition) is 1. The SMILES string of the molecule is CC1(c2ccccc2)N=C(c2cccc(-c3cc(-c4ccc5ccccc5c4)c4cc5c(cc4n3)-c3ccccc3C5(C)C)c2)N=C(c2cccc(-c3ccccc3)c2)N1. The van der Waals surface area contributed by atoms with E-state index in [1.165, 1.54) is 38.6 Å². The lowest BCUT2D eigenvalue weighted by Gasteiger charge is -2.33. The number of aliphatic imine (C=N–C) groups is 2. The molecular weight excluding hydrogens is 729 g/mol.